The number of aromatic carboxylic acids is 1. The van der Waals surface area contributed by atoms with Gasteiger partial charge in [-0.2, -0.15) is 5.10 Å². The molecule has 0 aliphatic rings. The lowest BCUT2D eigenvalue weighted by Crippen LogP contribution is -2.12. The Bertz CT molecular complexity index is 756. The van der Waals surface area contributed by atoms with E-state index in [2.05, 4.69) is 5.10 Å². The molecule has 2 heterocycles. The molecule has 0 atom stereocenters. The number of fused-ring (bicyclic) bond motifs is 1. The van der Waals surface area contributed by atoms with Gasteiger partial charge in [-0.05, 0) is 12.0 Å². The second-order valence-corrected chi connectivity index (χ2v) is 8.32. The number of carbonyl (C=O) groups is 1. The molecule has 1 N–H and O–H groups in total. The Labute approximate surface area is 120 Å². The highest BCUT2D eigenvalue weighted by Gasteiger charge is 2.19. The van der Waals surface area contributed by atoms with Crippen molar-refractivity contribution in [3.8, 4) is 0 Å². The molecular weight excluding hydrogens is 300 g/mol. The van der Waals surface area contributed by atoms with Crippen LogP contribution >= 0.6 is 11.3 Å². The number of hydrogen-bond donors (Lipinski definition) is 1. The van der Waals surface area contributed by atoms with Gasteiger partial charge in [-0.15, -0.1) is 11.3 Å². The number of carboxylic acid groups (broad SMARTS) is 1. The van der Waals surface area contributed by atoms with Crippen LogP contribution in [0.15, 0.2) is 6.07 Å². The molecule has 110 valence electrons. The van der Waals surface area contributed by atoms with Crippen molar-refractivity contribution in [3.05, 3.63) is 16.6 Å². The maximum absolute atomic E-state index is 11.3. The number of hydrogen-bond acceptors (Lipinski definition) is 5. The first-order valence-electron chi connectivity index (χ1n) is 6.10. The van der Waals surface area contributed by atoms with Crippen molar-refractivity contribution < 1.29 is 18.3 Å². The van der Waals surface area contributed by atoms with Gasteiger partial charge in [-0.25, -0.2) is 13.2 Å². The summed E-state index contributed by atoms with van der Waals surface area (Å²) in [6, 6.07) is 1.61. The van der Waals surface area contributed by atoms with Crippen LogP contribution in [-0.4, -0.2) is 41.3 Å². The highest BCUT2D eigenvalue weighted by molar-refractivity contribution is 7.90. The van der Waals surface area contributed by atoms with Crippen LogP contribution < -0.4 is 0 Å². The molecule has 0 radical (unpaired) electrons. The van der Waals surface area contributed by atoms with Crippen molar-refractivity contribution in [2.24, 2.45) is 0 Å². The summed E-state index contributed by atoms with van der Waals surface area (Å²) in [7, 11) is -3.08. The summed E-state index contributed by atoms with van der Waals surface area (Å²) in [6.45, 7) is 4.18. The van der Waals surface area contributed by atoms with Gasteiger partial charge in [0, 0.05) is 11.6 Å². The monoisotopic (exact) mass is 316 g/mol. The maximum atomic E-state index is 11.3. The number of nitrogens with zero attached hydrogens (tertiary/aromatic N) is 2. The number of sulfone groups is 1. The number of aromatic nitrogens is 2. The van der Waals surface area contributed by atoms with Crippen molar-refractivity contribution in [1.82, 2.24) is 9.78 Å². The highest BCUT2D eigenvalue weighted by Crippen LogP contribution is 2.32. The number of aryl methyl sites for hydroxylation is 1. The van der Waals surface area contributed by atoms with Crippen LogP contribution in [0, 0.1) is 0 Å². The van der Waals surface area contributed by atoms with Crippen LogP contribution in [0.2, 0.25) is 0 Å². The molecule has 0 spiro atoms. The minimum atomic E-state index is -3.08. The fourth-order valence-electron chi connectivity index (χ4n) is 1.92. The van der Waals surface area contributed by atoms with Gasteiger partial charge < -0.3 is 5.11 Å². The number of carboxylic acids is 1. The lowest BCUT2D eigenvalue weighted by Gasteiger charge is -2.02. The Morgan fingerprint density at radius 1 is 1.50 bits per heavy atom. The zero-order chi connectivity index (χ0) is 15.1. The summed E-state index contributed by atoms with van der Waals surface area (Å²) < 4.78 is 24.1. The van der Waals surface area contributed by atoms with Gasteiger partial charge >= 0.3 is 5.97 Å². The first kappa shape index (κ1) is 15.0. The summed E-state index contributed by atoms with van der Waals surface area (Å²) in [5, 5.41) is 14.3. The standard InChI is InChI=1S/C12H16N2O4S2/c1-7(2)10-8-6-9(12(15)16)19-11(8)14(13-10)4-5-20(3,17)18/h6-7H,4-5H2,1-3H3,(H,15,16). The first-order valence-corrected chi connectivity index (χ1v) is 8.98. The van der Waals surface area contributed by atoms with Crippen molar-refractivity contribution in [1.29, 1.82) is 0 Å². The highest BCUT2D eigenvalue weighted by atomic mass is 32.2. The molecule has 0 aliphatic heterocycles. The Kier molecular flexibility index (Phi) is 3.88. The smallest absolute Gasteiger partial charge is 0.345 e. The third kappa shape index (κ3) is 3.01. The van der Waals surface area contributed by atoms with Crippen LogP contribution in [0.25, 0.3) is 10.2 Å². The Morgan fingerprint density at radius 2 is 2.15 bits per heavy atom. The quantitative estimate of drug-likeness (QED) is 0.911. The molecule has 2 aromatic heterocycles. The van der Waals surface area contributed by atoms with Crippen molar-refractivity contribution in [2.45, 2.75) is 26.3 Å². The fraction of sp³-hybridized carbons (Fsp3) is 0.500. The molecule has 6 nitrogen and oxygen atoms in total. The lowest BCUT2D eigenvalue weighted by atomic mass is 10.1. The second kappa shape index (κ2) is 5.17. The van der Waals surface area contributed by atoms with Gasteiger partial charge in [0.25, 0.3) is 0 Å². The summed E-state index contributed by atoms with van der Waals surface area (Å²) in [4.78, 5) is 12.0. The largest absolute Gasteiger partial charge is 0.477 e. The van der Waals surface area contributed by atoms with E-state index in [0.29, 0.717) is 0 Å². The van der Waals surface area contributed by atoms with E-state index in [4.69, 9.17) is 5.11 Å². The molecule has 0 saturated carbocycles. The second-order valence-electron chi connectivity index (χ2n) is 5.03. The van der Waals surface area contributed by atoms with Gasteiger partial charge in [-0.3, -0.25) is 4.68 Å². The molecule has 0 unspecified atom stereocenters. The topological polar surface area (TPSA) is 89.3 Å². The molecule has 20 heavy (non-hydrogen) atoms. The van der Waals surface area contributed by atoms with Crippen LogP contribution in [0.1, 0.15) is 35.1 Å². The van der Waals surface area contributed by atoms with Gasteiger partial charge in [0.15, 0.2) is 0 Å². The van der Waals surface area contributed by atoms with Crippen LogP contribution in [0.4, 0.5) is 0 Å². The van der Waals surface area contributed by atoms with Crippen molar-refractivity contribution in [2.75, 3.05) is 12.0 Å². The molecule has 0 aromatic carbocycles. The average molecular weight is 316 g/mol. The molecule has 2 aromatic rings. The predicted molar refractivity (Wildman–Crippen MR) is 78.4 cm³/mol. The van der Waals surface area contributed by atoms with Crippen molar-refractivity contribution >= 4 is 37.4 Å². The number of rotatable bonds is 5. The molecule has 2 rings (SSSR count). The van der Waals surface area contributed by atoms with Crippen LogP contribution in [-0.2, 0) is 16.4 Å². The Balaban J connectivity index is 2.50. The minimum Gasteiger partial charge on any atom is -0.477 e. The van der Waals surface area contributed by atoms with Crippen LogP contribution in [0.3, 0.4) is 0 Å². The van der Waals surface area contributed by atoms with Gasteiger partial charge in [0.2, 0.25) is 0 Å². The Morgan fingerprint density at radius 3 is 2.65 bits per heavy atom. The predicted octanol–water partition coefficient (Wildman–Crippen LogP) is 1.96. The molecule has 0 saturated heterocycles. The van der Waals surface area contributed by atoms with E-state index < -0.39 is 15.8 Å². The van der Waals surface area contributed by atoms with E-state index in [1.807, 2.05) is 13.8 Å². The van der Waals surface area contributed by atoms with E-state index in [1.165, 1.54) is 6.26 Å². The fourth-order valence-corrected chi connectivity index (χ4v) is 3.41. The van der Waals surface area contributed by atoms with Gasteiger partial charge in [-0.1, -0.05) is 13.8 Å². The lowest BCUT2D eigenvalue weighted by molar-refractivity contribution is 0.0702. The summed E-state index contributed by atoms with van der Waals surface area (Å²) >= 11 is 1.13. The van der Waals surface area contributed by atoms with E-state index in [9.17, 15) is 13.2 Å². The third-order valence-electron chi connectivity index (χ3n) is 2.88. The summed E-state index contributed by atoms with van der Waals surface area (Å²) in [5.41, 5.74) is 0.803. The normalized spacial score (nSPS) is 12.4. The average Bonchev–Trinajstić information content (AvgIpc) is 2.82. The Hall–Kier alpha value is -1.41. The zero-order valence-electron chi connectivity index (χ0n) is 11.5. The summed E-state index contributed by atoms with van der Waals surface area (Å²) in [6.07, 6.45) is 1.17. The van der Waals surface area contributed by atoms with E-state index in [1.54, 1.807) is 10.7 Å². The molecule has 8 heteroatoms. The van der Waals surface area contributed by atoms with Crippen molar-refractivity contribution in [3.63, 3.8) is 0 Å². The minimum absolute atomic E-state index is 0.0123. The molecular formula is C12H16N2O4S2. The van der Waals surface area contributed by atoms with E-state index >= 15 is 0 Å². The summed E-state index contributed by atoms with van der Waals surface area (Å²) in [5.74, 6) is -0.842. The van der Waals surface area contributed by atoms with E-state index in [0.717, 1.165) is 27.2 Å². The van der Waals surface area contributed by atoms with E-state index in [-0.39, 0.29) is 23.1 Å². The molecule has 0 bridgehead atoms. The van der Waals surface area contributed by atoms with Gasteiger partial charge in [0.1, 0.15) is 19.5 Å². The maximum Gasteiger partial charge on any atom is 0.345 e. The van der Waals surface area contributed by atoms with Crippen LogP contribution in [0.5, 0.6) is 0 Å². The first-order chi connectivity index (χ1) is 9.19. The zero-order valence-corrected chi connectivity index (χ0v) is 13.1. The number of thiophene rings is 1. The van der Waals surface area contributed by atoms with Gasteiger partial charge in [0.05, 0.1) is 18.0 Å². The molecule has 0 amide bonds. The third-order valence-corrected chi connectivity index (χ3v) is 4.94. The SMILES string of the molecule is CC(C)c1nn(CCS(C)(=O)=O)c2sc(C(=O)O)cc12. The molecule has 0 aliphatic carbocycles. The molecule has 0 fully saturated rings.